The van der Waals surface area contributed by atoms with Crippen LogP contribution < -0.4 is 0 Å². The Labute approximate surface area is 156 Å². The largest absolute Gasteiger partial charge is 0.341 e. The summed E-state index contributed by atoms with van der Waals surface area (Å²) in [6.07, 6.45) is 5.47. The first kappa shape index (κ1) is 16.8. The number of rotatable bonds is 3. The van der Waals surface area contributed by atoms with Crippen LogP contribution in [0.2, 0.25) is 5.15 Å². The molecule has 0 aromatic carbocycles. The normalized spacial score (nSPS) is 16.8. The van der Waals surface area contributed by atoms with Crippen molar-refractivity contribution in [3.05, 3.63) is 52.8 Å². The van der Waals surface area contributed by atoms with Crippen molar-refractivity contribution in [2.24, 2.45) is 7.05 Å². The highest BCUT2D eigenvalue weighted by Crippen LogP contribution is 2.30. The van der Waals surface area contributed by atoms with Crippen LogP contribution in [0.4, 0.5) is 0 Å². The van der Waals surface area contributed by atoms with Gasteiger partial charge in [0.2, 0.25) is 0 Å². The number of hydrogen-bond acceptors (Lipinski definition) is 4. The van der Waals surface area contributed by atoms with Crippen molar-refractivity contribution in [2.45, 2.75) is 33.0 Å². The number of carbonyl (C=O) groups excluding carboxylic acids is 1. The van der Waals surface area contributed by atoms with E-state index in [9.17, 15) is 4.79 Å². The van der Waals surface area contributed by atoms with E-state index in [0.717, 1.165) is 28.9 Å². The molecule has 3 aromatic heterocycles. The number of carbonyl (C=O) groups is 1. The summed E-state index contributed by atoms with van der Waals surface area (Å²) < 4.78 is 3.72. The molecular weight excluding hydrogens is 352 g/mol. The summed E-state index contributed by atoms with van der Waals surface area (Å²) in [5.41, 5.74) is 4.58. The molecule has 0 saturated heterocycles. The van der Waals surface area contributed by atoms with E-state index >= 15 is 0 Å². The summed E-state index contributed by atoms with van der Waals surface area (Å²) in [4.78, 5) is 19.0. The lowest BCUT2D eigenvalue weighted by Crippen LogP contribution is -2.45. The fourth-order valence-corrected chi connectivity index (χ4v) is 3.54. The van der Waals surface area contributed by atoms with Gasteiger partial charge in [0.15, 0.2) is 0 Å². The quantitative estimate of drug-likeness (QED) is 0.665. The van der Waals surface area contributed by atoms with Crippen LogP contribution in [-0.4, -0.2) is 41.4 Å². The molecule has 1 unspecified atom stereocenters. The van der Waals surface area contributed by atoms with E-state index < -0.39 is 0 Å². The monoisotopic (exact) mass is 370 g/mol. The van der Waals surface area contributed by atoms with Gasteiger partial charge >= 0.3 is 0 Å². The van der Waals surface area contributed by atoms with E-state index in [-0.39, 0.29) is 11.9 Å². The molecule has 0 fully saturated rings. The third kappa shape index (κ3) is 2.78. The van der Waals surface area contributed by atoms with Crippen LogP contribution in [0.3, 0.4) is 0 Å². The molecule has 1 atom stereocenters. The fourth-order valence-electron chi connectivity index (χ4n) is 3.38. The number of aromatic nitrogens is 5. The molecule has 0 spiro atoms. The summed E-state index contributed by atoms with van der Waals surface area (Å²) >= 11 is 6.06. The van der Waals surface area contributed by atoms with Gasteiger partial charge < -0.3 is 9.47 Å². The zero-order valence-electron chi connectivity index (χ0n) is 14.8. The van der Waals surface area contributed by atoms with Crippen LogP contribution in [0.1, 0.15) is 28.7 Å². The Balaban J connectivity index is 1.69. The Morgan fingerprint density at radius 1 is 1.31 bits per heavy atom. The van der Waals surface area contributed by atoms with E-state index in [4.69, 9.17) is 11.6 Å². The van der Waals surface area contributed by atoms with Crippen LogP contribution >= 0.6 is 11.6 Å². The van der Waals surface area contributed by atoms with Gasteiger partial charge in [-0.25, -0.2) is 4.98 Å². The van der Waals surface area contributed by atoms with E-state index in [1.807, 2.05) is 41.8 Å². The van der Waals surface area contributed by atoms with Crippen molar-refractivity contribution < 1.29 is 4.79 Å². The number of fused-ring (bicyclic) bond motifs is 1. The van der Waals surface area contributed by atoms with E-state index in [0.29, 0.717) is 17.4 Å². The molecule has 1 amide bonds. The fraction of sp³-hybridized carbons (Fsp3) is 0.333. The minimum atomic E-state index is 0.00834. The molecule has 4 heterocycles. The minimum Gasteiger partial charge on any atom is -0.341 e. The molecule has 0 saturated carbocycles. The van der Waals surface area contributed by atoms with Crippen molar-refractivity contribution >= 4 is 17.5 Å². The predicted molar refractivity (Wildman–Crippen MR) is 97.7 cm³/mol. The number of halogens is 1. The molecule has 134 valence electrons. The van der Waals surface area contributed by atoms with Gasteiger partial charge in [-0.1, -0.05) is 16.8 Å². The lowest BCUT2D eigenvalue weighted by atomic mass is 10.1. The maximum Gasteiger partial charge on any atom is 0.271 e. The topological polar surface area (TPSA) is 68.8 Å². The van der Waals surface area contributed by atoms with Crippen molar-refractivity contribution in [2.75, 3.05) is 0 Å². The highest BCUT2D eigenvalue weighted by atomic mass is 35.5. The van der Waals surface area contributed by atoms with Gasteiger partial charge in [-0.05, 0) is 37.1 Å². The van der Waals surface area contributed by atoms with Gasteiger partial charge in [0.05, 0.1) is 18.4 Å². The number of pyridine rings is 1. The number of amides is 1. The number of aryl methyl sites for hydroxylation is 2. The zero-order chi connectivity index (χ0) is 18.4. The molecule has 8 heteroatoms. The Bertz CT molecular complexity index is 991. The van der Waals surface area contributed by atoms with Gasteiger partial charge in [0.25, 0.3) is 5.91 Å². The van der Waals surface area contributed by atoms with E-state index in [2.05, 4.69) is 22.2 Å². The molecule has 1 aliphatic rings. The smallest absolute Gasteiger partial charge is 0.271 e. The lowest BCUT2D eigenvalue weighted by molar-refractivity contribution is 0.0590. The Hall–Kier alpha value is -2.67. The SMILES string of the molecule is Cc1cnc(Cl)cc1-c1cc2n(c1)CC(C)N(Cc1cnnn1C)C2=O. The summed E-state index contributed by atoms with van der Waals surface area (Å²) in [5, 5.41) is 8.28. The molecule has 0 aliphatic carbocycles. The molecular formula is C18H19ClN6O. The molecule has 4 rings (SSSR count). The van der Waals surface area contributed by atoms with Crippen LogP contribution in [0.15, 0.2) is 30.7 Å². The second kappa shape index (κ2) is 6.25. The molecule has 26 heavy (non-hydrogen) atoms. The summed E-state index contributed by atoms with van der Waals surface area (Å²) in [7, 11) is 1.83. The predicted octanol–water partition coefficient (Wildman–Crippen LogP) is 2.68. The molecule has 0 radical (unpaired) electrons. The average molecular weight is 371 g/mol. The Kier molecular flexibility index (Phi) is 4.03. The molecule has 7 nitrogen and oxygen atoms in total. The van der Waals surface area contributed by atoms with E-state index in [1.165, 1.54) is 0 Å². The Morgan fingerprint density at radius 2 is 2.12 bits per heavy atom. The van der Waals surface area contributed by atoms with Crippen LogP contribution in [0.25, 0.3) is 11.1 Å². The average Bonchev–Trinajstić information content (AvgIpc) is 3.20. The molecule has 0 N–H and O–H groups in total. The minimum absolute atomic E-state index is 0.00834. The maximum atomic E-state index is 13.1. The van der Waals surface area contributed by atoms with Gasteiger partial charge in [-0.15, -0.1) is 5.10 Å². The second-order valence-corrected chi connectivity index (χ2v) is 7.11. The van der Waals surface area contributed by atoms with Crippen molar-refractivity contribution in [3.63, 3.8) is 0 Å². The summed E-state index contributed by atoms with van der Waals surface area (Å²) in [6, 6.07) is 3.85. The molecule has 1 aliphatic heterocycles. The first-order valence-electron chi connectivity index (χ1n) is 8.41. The first-order chi connectivity index (χ1) is 12.4. The van der Waals surface area contributed by atoms with Gasteiger partial charge in [-0.2, -0.15) is 0 Å². The first-order valence-corrected chi connectivity index (χ1v) is 8.79. The summed E-state index contributed by atoms with van der Waals surface area (Å²) in [6.45, 7) is 5.27. The zero-order valence-corrected chi connectivity index (χ0v) is 15.6. The number of hydrogen-bond donors (Lipinski definition) is 0. The van der Waals surface area contributed by atoms with Gasteiger partial charge in [-0.3, -0.25) is 9.48 Å². The van der Waals surface area contributed by atoms with Crippen LogP contribution in [0, 0.1) is 6.92 Å². The Morgan fingerprint density at radius 3 is 2.85 bits per heavy atom. The van der Waals surface area contributed by atoms with Crippen LogP contribution in [0.5, 0.6) is 0 Å². The molecule has 0 bridgehead atoms. The molecule has 3 aromatic rings. The highest BCUT2D eigenvalue weighted by Gasteiger charge is 2.31. The maximum absolute atomic E-state index is 13.1. The van der Waals surface area contributed by atoms with Crippen molar-refractivity contribution in [1.82, 2.24) is 29.4 Å². The highest BCUT2D eigenvalue weighted by molar-refractivity contribution is 6.29. The third-order valence-corrected chi connectivity index (χ3v) is 5.10. The second-order valence-electron chi connectivity index (χ2n) is 6.72. The summed E-state index contributed by atoms with van der Waals surface area (Å²) in [5.74, 6) is 0.00834. The number of nitrogens with zero attached hydrogens (tertiary/aromatic N) is 6. The standard InChI is InChI=1S/C18H19ClN6O/c1-11-6-20-17(19)5-15(11)13-4-16-18(26)25(12(2)8-24(16)9-13)10-14-7-21-22-23(14)3/h4-7,9,12H,8,10H2,1-3H3. The van der Waals surface area contributed by atoms with Crippen LogP contribution in [-0.2, 0) is 20.1 Å². The third-order valence-electron chi connectivity index (χ3n) is 4.89. The van der Waals surface area contributed by atoms with E-state index in [1.54, 1.807) is 17.1 Å². The van der Waals surface area contributed by atoms with Gasteiger partial charge in [0, 0.05) is 37.6 Å². The lowest BCUT2D eigenvalue weighted by Gasteiger charge is -2.34. The van der Waals surface area contributed by atoms with Gasteiger partial charge in [0.1, 0.15) is 10.8 Å². The van der Waals surface area contributed by atoms with Crippen molar-refractivity contribution in [3.8, 4) is 11.1 Å². The van der Waals surface area contributed by atoms with Crippen molar-refractivity contribution in [1.29, 1.82) is 0 Å².